The second-order valence-electron chi connectivity index (χ2n) is 10.8. The standard InChI is InChI=1S/C32H36N4O6/c1-7-19-18(6)31(41)36-26(19)13-24-16(4)21(9-10-29(37)38)27(33-24)14-28-22(11-30(39)40)17(5)23(34-28)12-25-15(3)20(8-2)32(42)35-25/h7-8,12,14,18,26,33-34H,2,9-11,13H2,1,3-6H3,(H,36,41)(H,37,38)(H,39,40)/b19-7?,23-12-,28-14?. The summed E-state index contributed by atoms with van der Waals surface area (Å²) in [6, 6.07) is -0.182. The lowest BCUT2D eigenvalue weighted by Gasteiger charge is -2.13. The zero-order valence-corrected chi connectivity index (χ0v) is 24.5. The first-order valence-corrected chi connectivity index (χ1v) is 13.8. The number of aliphatic imine (C=N–C) groups is 1. The van der Waals surface area contributed by atoms with Crippen molar-refractivity contribution in [2.75, 3.05) is 0 Å². The molecule has 220 valence electrons. The Morgan fingerprint density at radius 2 is 1.71 bits per heavy atom. The molecule has 2 aliphatic rings. The summed E-state index contributed by atoms with van der Waals surface area (Å²) in [5, 5.41) is 23.3. The number of aromatic amines is 2. The number of carbonyl (C=O) groups is 4. The van der Waals surface area contributed by atoms with Crippen LogP contribution < -0.4 is 16.0 Å². The van der Waals surface area contributed by atoms with E-state index < -0.39 is 11.9 Å². The summed E-state index contributed by atoms with van der Waals surface area (Å²) >= 11 is 0. The maximum absolute atomic E-state index is 12.4. The summed E-state index contributed by atoms with van der Waals surface area (Å²) < 4.78 is 0. The summed E-state index contributed by atoms with van der Waals surface area (Å²) in [5.41, 5.74) is 7.10. The van der Waals surface area contributed by atoms with Crippen molar-refractivity contribution in [3.8, 4) is 0 Å². The highest BCUT2D eigenvalue weighted by molar-refractivity contribution is 6.31. The minimum Gasteiger partial charge on any atom is -0.481 e. The van der Waals surface area contributed by atoms with Crippen molar-refractivity contribution in [2.45, 2.75) is 66.3 Å². The van der Waals surface area contributed by atoms with Crippen LogP contribution in [0.5, 0.6) is 0 Å². The molecule has 2 aliphatic heterocycles. The van der Waals surface area contributed by atoms with Crippen LogP contribution in [0.3, 0.4) is 0 Å². The van der Waals surface area contributed by atoms with Gasteiger partial charge in [-0.25, -0.2) is 4.99 Å². The van der Waals surface area contributed by atoms with E-state index in [1.807, 2.05) is 39.8 Å². The molecule has 1 fully saturated rings. The Morgan fingerprint density at radius 3 is 2.31 bits per heavy atom. The van der Waals surface area contributed by atoms with Crippen molar-refractivity contribution in [1.82, 2.24) is 15.3 Å². The van der Waals surface area contributed by atoms with Gasteiger partial charge < -0.3 is 25.5 Å². The molecule has 42 heavy (non-hydrogen) atoms. The molecule has 4 heterocycles. The minimum atomic E-state index is -1.00. The molecule has 2 amide bonds. The van der Waals surface area contributed by atoms with Crippen molar-refractivity contribution in [1.29, 1.82) is 0 Å². The Balaban J connectivity index is 1.86. The van der Waals surface area contributed by atoms with Crippen LogP contribution in [0.1, 0.15) is 60.8 Å². The summed E-state index contributed by atoms with van der Waals surface area (Å²) in [5.74, 6) is -2.55. The van der Waals surface area contributed by atoms with Gasteiger partial charge in [-0.15, -0.1) is 0 Å². The Morgan fingerprint density at radius 1 is 1.00 bits per heavy atom. The van der Waals surface area contributed by atoms with E-state index in [0.29, 0.717) is 50.8 Å². The molecule has 0 aromatic carbocycles. The van der Waals surface area contributed by atoms with Crippen molar-refractivity contribution >= 4 is 41.6 Å². The molecule has 0 bridgehead atoms. The smallest absolute Gasteiger partial charge is 0.307 e. The third-order valence-electron chi connectivity index (χ3n) is 8.25. The molecule has 2 aromatic heterocycles. The molecule has 0 saturated carbocycles. The number of amides is 2. The normalized spacial score (nSPS) is 20.6. The summed E-state index contributed by atoms with van der Waals surface area (Å²) in [7, 11) is 0. The van der Waals surface area contributed by atoms with Gasteiger partial charge in [0.25, 0.3) is 5.91 Å². The van der Waals surface area contributed by atoms with Crippen molar-refractivity contribution < 1.29 is 29.4 Å². The molecule has 4 rings (SSSR count). The lowest BCUT2D eigenvalue weighted by atomic mass is 9.94. The lowest BCUT2D eigenvalue weighted by Crippen LogP contribution is -2.28. The monoisotopic (exact) mass is 572 g/mol. The molecule has 10 heteroatoms. The highest BCUT2D eigenvalue weighted by Gasteiger charge is 2.34. The van der Waals surface area contributed by atoms with E-state index in [1.165, 1.54) is 6.08 Å². The fourth-order valence-corrected chi connectivity index (χ4v) is 5.79. The largest absolute Gasteiger partial charge is 0.481 e. The van der Waals surface area contributed by atoms with Crippen LogP contribution in [0, 0.1) is 19.8 Å². The number of carbonyl (C=O) groups excluding carboxylic acids is 2. The van der Waals surface area contributed by atoms with Crippen LogP contribution in [0.2, 0.25) is 0 Å². The van der Waals surface area contributed by atoms with E-state index in [9.17, 15) is 29.4 Å². The van der Waals surface area contributed by atoms with Crippen LogP contribution in [-0.2, 0) is 38.4 Å². The predicted molar refractivity (Wildman–Crippen MR) is 160 cm³/mol. The summed E-state index contributed by atoms with van der Waals surface area (Å²) in [6.07, 6.45) is 7.42. The number of hydrogen-bond acceptors (Lipinski definition) is 4. The Kier molecular flexibility index (Phi) is 8.65. The van der Waals surface area contributed by atoms with E-state index in [0.717, 1.165) is 22.4 Å². The molecule has 2 unspecified atom stereocenters. The van der Waals surface area contributed by atoms with Gasteiger partial charge in [0.05, 0.1) is 24.1 Å². The number of carboxylic acids is 2. The van der Waals surface area contributed by atoms with Gasteiger partial charge in [0, 0.05) is 40.5 Å². The van der Waals surface area contributed by atoms with Crippen molar-refractivity contribution in [3.63, 3.8) is 0 Å². The third-order valence-corrected chi connectivity index (χ3v) is 8.25. The molecular weight excluding hydrogens is 536 g/mol. The number of nitrogens with zero attached hydrogens (tertiary/aromatic N) is 1. The number of H-pyrrole nitrogens is 2. The Hall–Kier alpha value is -4.73. The maximum atomic E-state index is 12.4. The first-order chi connectivity index (χ1) is 19.9. The Bertz CT molecular complexity index is 1730. The van der Waals surface area contributed by atoms with E-state index in [2.05, 4.69) is 26.9 Å². The molecule has 0 radical (unpaired) electrons. The number of rotatable bonds is 10. The zero-order valence-electron chi connectivity index (χ0n) is 24.5. The average Bonchev–Trinajstić information content (AvgIpc) is 3.56. The average molecular weight is 573 g/mol. The lowest BCUT2D eigenvalue weighted by molar-refractivity contribution is -0.137. The van der Waals surface area contributed by atoms with Gasteiger partial charge in [-0.05, 0) is 86.6 Å². The van der Waals surface area contributed by atoms with Crippen LogP contribution >= 0.6 is 0 Å². The molecular formula is C32H36N4O6. The predicted octanol–water partition coefficient (Wildman–Crippen LogP) is 2.32. The van der Waals surface area contributed by atoms with Crippen LogP contribution in [0.25, 0.3) is 12.2 Å². The van der Waals surface area contributed by atoms with Gasteiger partial charge in [0.15, 0.2) is 0 Å². The molecule has 1 saturated heterocycles. The Labute approximate surface area is 243 Å². The molecule has 0 aliphatic carbocycles. The van der Waals surface area contributed by atoms with Crippen molar-refractivity contribution in [3.05, 3.63) is 79.8 Å². The van der Waals surface area contributed by atoms with Gasteiger partial charge in [-0.1, -0.05) is 18.7 Å². The number of allylic oxidation sites excluding steroid dienone is 2. The third kappa shape index (κ3) is 5.83. The topological polar surface area (TPSA) is 165 Å². The van der Waals surface area contributed by atoms with Gasteiger partial charge in [-0.2, -0.15) is 0 Å². The molecule has 2 aromatic rings. The SMILES string of the molecule is C=CC1=C(C)C(/C=c2\[nH]c(=Cc3[nH]c(CC4NC(=O)C(C)C4=CC)c(C)c3CCC(=O)O)c(CC(=O)O)c2C)=NC1=O. The van der Waals surface area contributed by atoms with Crippen molar-refractivity contribution in [2.24, 2.45) is 10.9 Å². The van der Waals surface area contributed by atoms with E-state index >= 15 is 0 Å². The van der Waals surface area contributed by atoms with Gasteiger partial charge in [0.1, 0.15) is 0 Å². The first kappa shape index (κ1) is 30.2. The quantitative estimate of drug-likeness (QED) is 0.274. The van der Waals surface area contributed by atoms with E-state index in [4.69, 9.17) is 0 Å². The van der Waals surface area contributed by atoms with Gasteiger partial charge >= 0.3 is 11.9 Å². The molecule has 10 nitrogen and oxygen atoms in total. The zero-order chi connectivity index (χ0) is 30.9. The van der Waals surface area contributed by atoms with E-state index in [-0.39, 0.29) is 43.0 Å². The van der Waals surface area contributed by atoms with Gasteiger partial charge in [-0.3, -0.25) is 19.2 Å². The highest BCUT2D eigenvalue weighted by Crippen LogP contribution is 2.28. The second kappa shape index (κ2) is 12.0. The number of nitrogens with one attached hydrogen (secondary N) is 3. The van der Waals surface area contributed by atoms with Crippen LogP contribution in [-0.4, -0.2) is 55.7 Å². The first-order valence-electron chi connectivity index (χ1n) is 13.8. The number of aromatic nitrogens is 2. The van der Waals surface area contributed by atoms with Crippen LogP contribution in [0.4, 0.5) is 0 Å². The molecule has 0 spiro atoms. The summed E-state index contributed by atoms with van der Waals surface area (Å²) in [4.78, 5) is 58.8. The number of hydrogen-bond donors (Lipinski definition) is 5. The maximum Gasteiger partial charge on any atom is 0.307 e. The molecule has 5 N–H and O–H groups in total. The van der Waals surface area contributed by atoms with Crippen LogP contribution in [0.15, 0.2) is 40.4 Å². The highest BCUT2D eigenvalue weighted by atomic mass is 16.4. The second-order valence-corrected chi connectivity index (χ2v) is 10.8. The molecule has 2 atom stereocenters. The van der Waals surface area contributed by atoms with E-state index in [1.54, 1.807) is 13.0 Å². The summed E-state index contributed by atoms with van der Waals surface area (Å²) in [6.45, 7) is 13.0. The minimum absolute atomic E-state index is 0.0296. The number of aliphatic carboxylic acids is 2. The fourth-order valence-electron chi connectivity index (χ4n) is 5.79. The fraction of sp³-hybridized carbons (Fsp3) is 0.344. The van der Waals surface area contributed by atoms with Gasteiger partial charge in [0.2, 0.25) is 5.91 Å². The number of carboxylic acid groups (broad SMARTS) is 2.